The molecule has 10 heteroatoms. The molecule has 0 amide bonds. The van der Waals surface area contributed by atoms with Gasteiger partial charge in [-0.15, -0.1) is 0 Å². The van der Waals surface area contributed by atoms with E-state index in [9.17, 15) is 10.2 Å². The van der Waals surface area contributed by atoms with E-state index in [-0.39, 0.29) is 5.82 Å². The van der Waals surface area contributed by atoms with E-state index in [1.807, 2.05) is 12.1 Å². The molecule has 1 aliphatic heterocycles. The molecule has 132 valence electrons. The molecule has 0 bridgehead atoms. The van der Waals surface area contributed by atoms with E-state index >= 15 is 0 Å². The van der Waals surface area contributed by atoms with Gasteiger partial charge in [-0.3, -0.25) is 4.57 Å². The summed E-state index contributed by atoms with van der Waals surface area (Å²) in [5.74, 6) is 2.28. The molecule has 0 aromatic carbocycles. The summed E-state index contributed by atoms with van der Waals surface area (Å²) in [7, 11) is 0. The van der Waals surface area contributed by atoms with E-state index in [4.69, 9.17) is 14.9 Å². The van der Waals surface area contributed by atoms with Crippen molar-refractivity contribution in [3.63, 3.8) is 0 Å². The van der Waals surface area contributed by atoms with Crippen LogP contribution in [0.2, 0.25) is 0 Å². The highest BCUT2D eigenvalue weighted by Crippen LogP contribution is 2.33. The summed E-state index contributed by atoms with van der Waals surface area (Å²) in [5.41, 5.74) is 6.66. The van der Waals surface area contributed by atoms with Crippen molar-refractivity contribution in [1.29, 1.82) is 0 Å². The first kappa shape index (κ1) is 16.3. The number of aliphatic hydroxyl groups is 2. The Labute approximate surface area is 146 Å². The fourth-order valence-corrected chi connectivity index (χ4v) is 3.81. The number of anilines is 1. The lowest BCUT2D eigenvalue weighted by Gasteiger charge is -2.16. The number of nitrogens with two attached hydrogens (primary N) is 1. The number of hydrogen-bond donors (Lipinski definition) is 3. The van der Waals surface area contributed by atoms with E-state index in [0.29, 0.717) is 22.7 Å². The van der Waals surface area contributed by atoms with Crippen LogP contribution in [0, 0.1) is 0 Å². The molecular weight excluding hydrogens is 346 g/mol. The van der Waals surface area contributed by atoms with E-state index in [2.05, 4.69) is 15.0 Å². The molecule has 1 fully saturated rings. The Morgan fingerprint density at radius 2 is 2.12 bits per heavy atom. The molecule has 4 N–H and O–H groups in total. The van der Waals surface area contributed by atoms with Gasteiger partial charge in [-0.2, -0.15) is 11.8 Å². The third kappa shape index (κ3) is 2.97. The van der Waals surface area contributed by atoms with Crippen molar-refractivity contribution in [2.75, 3.05) is 11.5 Å². The summed E-state index contributed by atoms with van der Waals surface area (Å²) in [6.45, 7) is 0. The second-order valence-corrected chi connectivity index (χ2v) is 6.75. The Hall–Kier alpha value is -2.14. The number of nitrogens with zero attached hydrogens (tertiary/aromatic N) is 4. The fraction of sp³-hybridized carbons (Fsp3) is 0.400. The zero-order valence-electron chi connectivity index (χ0n) is 13.1. The number of aromatic nitrogens is 4. The number of fused-ring (bicyclic) bond motifs is 1. The summed E-state index contributed by atoms with van der Waals surface area (Å²) in [6, 6.07) is 3.71. The number of aliphatic hydroxyl groups excluding tert-OH is 2. The third-order valence-corrected chi connectivity index (χ3v) is 5.16. The van der Waals surface area contributed by atoms with Gasteiger partial charge in [-0.1, -0.05) is 0 Å². The van der Waals surface area contributed by atoms with Gasteiger partial charge in [0, 0.05) is 5.75 Å². The van der Waals surface area contributed by atoms with Crippen molar-refractivity contribution in [2.45, 2.75) is 30.3 Å². The van der Waals surface area contributed by atoms with Crippen LogP contribution in [0.3, 0.4) is 0 Å². The highest BCUT2D eigenvalue weighted by molar-refractivity contribution is 7.98. The largest absolute Gasteiger partial charge is 0.468 e. The maximum Gasteiger partial charge on any atom is 0.167 e. The van der Waals surface area contributed by atoms with Crippen LogP contribution in [0.15, 0.2) is 35.5 Å². The number of rotatable bonds is 5. The van der Waals surface area contributed by atoms with Crippen LogP contribution in [-0.4, -0.2) is 53.8 Å². The van der Waals surface area contributed by atoms with Crippen molar-refractivity contribution < 1.29 is 19.4 Å². The molecular formula is C15H17N5O4S. The maximum atomic E-state index is 10.4. The third-order valence-electron chi connectivity index (χ3n) is 4.10. The lowest BCUT2D eigenvalue weighted by Crippen LogP contribution is -2.32. The van der Waals surface area contributed by atoms with Crippen molar-refractivity contribution in [3.05, 3.63) is 36.8 Å². The lowest BCUT2D eigenvalue weighted by atomic mass is 10.1. The van der Waals surface area contributed by atoms with Gasteiger partial charge in [0.25, 0.3) is 0 Å². The van der Waals surface area contributed by atoms with Crippen molar-refractivity contribution >= 4 is 28.7 Å². The predicted molar refractivity (Wildman–Crippen MR) is 90.5 cm³/mol. The van der Waals surface area contributed by atoms with Crippen LogP contribution in [0.1, 0.15) is 12.0 Å². The van der Waals surface area contributed by atoms with Crippen LogP contribution < -0.4 is 5.73 Å². The number of furan rings is 1. The van der Waals surface area contributed by atoms with Gasteiger partial charge in [0.05, 0.1) is 24.4 Å². The fourth-order valence-electron chi connectivity index (χ4n) is 2.82. The minimum atomic E-state index is -1.09. The number of thioether (sulfide) groups is 1. The molecule has 3 aromatic rings. The van der Waals surface area contributed by atoms with Gasteiger partial charge in [-0.25, -0.2) is 15.0 Å². The molecule has 1 aliphatic rings. The summed E-state index contributed by atoms with van der Waals surface area (Å²) in [5, 5.41) is 20.7. The summed E-state index contributed by atoms with van der Waals surface area (Å²) < 4.78 is 12.7. The molecule has 3 aromatic heterocycles. The van der Waals surface area contributed by atoms with Crippen LogP contribution in [0.25, 0.3) is 11.2 Å². The molecule has 0 saturated carbocycles. The van der Waals surface area contributed by atoms with Gasteiger partial charge in [0.2, 0.25) is 0 Å². The first-order valence-electron chi connectivity index (χ1n) is 7.70. The second kappa shape index (κ2) is 6.64. The van der Waals surface area contributed by atoms with E-state index < -0.39 is 24.5 Å². The highest BCUT2D eigenvalue weighted by atomic mass is 32.2. The van der Waals surface area contributed by atoms with Crippen molar-refractivity contribution in [3.8, 4) is 0 Å². The second-order valence-electron chi connectivity index (χ2n) is 5.72. The van der Waals surface area contributed by atoms with Crippen LogP contribution >= 0.6 is 11.8 Å². The van der Waals surface area contributed by atoms with Gasteiger partial charge < -0.3 is 25.1 Å². The van der Waals surface area contributed by atoms with E-state index in [1.54, 1.807) is 22.6 Å². The molecule has 0 spiro atoms. The van der Waals surface area contributed by atoms with Gasteiger partial charge in [0.15, 0.2) is 17.7 Å². The van der Waals surface area contributed by atoms with Gasteiger partial charge in [0.1, 0.15) is 29.8 Å². The summed E-state index contributed by atoms with van der Waals surface area (Å²) in [4.78, 5) is 12.2. The van der Waals surface area contributed by atoms with Gasteiger partial charge >= 0.3 is 0 Å². The number of imidazole rings is 1. The SMILES string of the molecule is Nc1ncnc2c1ncn2[C@H]1O[C@@H](CSCc2ccco2)[C@H](O)[C@H]1O. The molecule has 4 rings (SSSR count). The van der Waals surface area contributed by atoms with Crippen LogP contribution in [-0.2, 0) is 10.5 Å². The average Bonchev–Trinajstić information content (AvgIpc) is 3.32. The zero-order chi connectivity index (χ0) is 17.4. The molecule has 9 nitrogen and oxygen atoms in total. The standard InChI is InChI=1S/C15H17N5O4S/c16-13-10-14(18-6-17-13)20(7-19-10)15-12(22)11(21)9(24-15)5-25-4-8-2-1-3-23-8/h1-3,6-7,9,11-12,15,21-22H,4-5H2,(H2,16,17,18)/t9-,11-,12+,15-/m0/s1. The number of ether oxygens (including phenoxy) is 1. The van der Waals surface area contributed by atoms with E-state index in [1.165, 1.54) is 12.7 Å². The number of nitrogen functional groups attached to an aromatic ring is 1. The predicted octanol–water partition coefficient (Wildman–Crippen LogP) is 0.554. The monoisotopic (exact) mass is 363 g/mol. The van der Waals surface area contributed by atoms with Crippen LogP contribution in [0.5, 0.6) is 0 Å². The lowest BCUT2D eigenvalue weighted by molar-refractivity contribution is -0.0289. The molecule has 0 aliphatic carbocycles. The molecule has 0 radical (unpaired) electrons. The topological polar surface area (TPSA) is 132 Å². The summed E-state index contributed by atoms with van der Waals surface area (Å²) >= 11 is 1.56. The molecule has 1 saturated heterocycles. The zero-order valence-corrected chi connectivity index (χ0v) is 13.9. The molecule has 4 atom stereocenters. The molecule has 25 heavy (non-hydrogen) atoms. The minimum Gasteiger partial charge on any atom is -0.468 e. The van der Waals surface area contributed by atoms with E-state index in [0.717, 1.165) is 5.76 Å². The molecule has 4 heterocycles. The van der Waals surface area contributed by atoms with Crippen molar-refractivity contribution in [1.82, 2.24) is 19.5 Å². The smallest absolute Gasteiger partial charge is 0.167 e. The van der Waals surface area contributed by atoms with Crippen LogP contribution in [0.4, 0.5) is 5.82 Å². The Morgan fingerprint density at radius 1 is 1.24 bits per heavy atom. The maximum absolute atomic E-state index is 10.4. The van der Waals surface area contributed by atoms with Crippen molar-refractivity contribution in [2.24, 2.45) is 0 Å². The van der Waals surface area contributed by atoms with Gasteiger partial charge in [-0.05, 0) is 12.1 Å². The Kier molecular flexibility index (Phi) is 4.34. The first-order chi connectivity index (χ1) is 12.1. The number of hydrogen-bond acceptors (Lipinski definition) is 9. The average molecular weight is 363 g/mol. The normalized spacial score (nSPS) is 26.5. The highest BCUT2D eigenvalue weighted by Gasteiger charge is 2.44. The Morgan fingerprint density at radius 3 is 2.92 bits per heavy atom. The quantitative estimate of drug-likeness (QED) is 0.594. The summed E-state index contributed by atoms with van der Waals surface area (Å²) in [6.07, 6.45) is 1.02. The molecule has 0 unspecified atom stereocenters. The Balaban J connectivity index is 1.48. The minimum absolute atomic E-state index is 0.252. The first-order valence-corrected chi connectivity index (χ1v) is 8.85. The Bertz CT molecular complexity index is 855.